The van der Waals surface area contributed by atoms with Crippen molar-refractivity contribution in [3.8, 4) is 5.75 Å². The van der Waals surface area contributed by atoms with Crippen molar-refractivity contribution in [2.75, 3.05) is 6.61 Å². The Labute approximate surface area is 137 Å². The van der Waals surface area contributed by atoms with E-state index in [4.69, 9.17) is 4.74 Å². The SMILES string of the molecule is Cc1ccc(C(C)C)cc1OCC(=O)N1Cc2ccccc2C1. The van der Waals surface area contributed by atoms with E-state index in [0.717, 1.165) is 11.3 Å². The van der Waals surface area contributed by atoms with Crippen molar-refractivity contribution in [2.45, 2.75) is 39.8 Å². The number of fused-ring (bicyclic) bond motifs is 1. The zero-order chi connectivity index (χ0) is 16.4. The molecular weight excluding hydrogens is 286 g/mol. The van der Waals surface area contributed by atoms with Crippen molar-refractivity contribution in [2.24, 2.45) is 0 Å². The van der Waals surface area contributed by atoms with Crippen LogP contribution in [-0.2, 0) is 17.9 Å². The van der Waals surface area contributed by atoms with Gasteiger partial charge in [-0.25, -0.2) is 0 Å². The Morgan fingerprint density at radius 2 is 1.78 bits per heavy atom. The van der Waals surface area contributed by atoms with E-state index in [1.807, 2.05) is 30.0 Å². The van der Waals surface area contributed by atoms with Crippen LogP contribution < -0.4 is 4.74 Å². The minimum atomic E-state index is 0.0375. The first-order valence-electron chi connectivity index (χ1n) is 8.12. The third kappa shape index (κ3) is 3.39. The van der Waals surface area contributed by atoms with E-state index in [1.54, 1.807) is 0 Å². The van der Waals surface area contributed by atoms with E-state index in [9.17, 15) is 4.79 Å². The highest BCUT2D eigenvalue weighted by Gasteiger charge is 2.23. The molecule has 0 N–H and O–H groups in total. The number of ether oxygens (including phenoxy) is 1. The van der Waals surface area contributed by atoms with Gasteiger partial charge in [0.25, 0.3) is 5.91 Å². The molecule has 0 saturated carbocycles. The summed E-state index contributed by atoms with van der Waals surface area (Å²) in [5, 5.41) is 0. The first-order valence-corrected chi connectivity index (χ1v) is 8.12. The van der Waals surface area contributed by atoms with E-state index in [-0.39, 0.29) is 12.5 Å². The smallest absolute Gasteiger partial charge is 0.261 e. The van der Waals surface area contributed by atoms with E-state index in [1.165, 1.54) is 16.7 Å². The van der Waals surface area contributed by atoms with Crippen LogP contribution in [0.25, 0.3) is 0 Å². The lowest BCUT2D eigenvalue weighted by Crippen LogP contribution is -2.30. The summed E-state index contributed by atoms with van der Waals surface area (Å²) in [4.78, 5) is 14.3. The van der Waals surface area contributed by atoms with E-state index >= 15 is 0 Å². The number of carbonyl (C=O) groups excluding carboxylic acids is 1. The maximum absolute atomic E-state index is 12.4. The van der Waals surface area contributed by atoms with Crippen molar-refractivity contribution in [3.05, 3.63) is 64.7 Å². The first-order chi connectivity index (χ1) is 11.0. The highest BCUT2D eigenvalue weighted by molar-refractivity contribution is 5.78. The van der Waals surface area contributed by atoms with Crippen molar-refractivity contribution in [1.29, 1.82) is 0 Å². The van der Waals surface area contributed by atoms with E-state index in [2.05, 4.69) is 38.1 Å². The lowest BCUT2D eigenvalue weighted by atomic mass is 10.0. The predicted molar refractivity (Wildman–Crippen MR) is 91.5 cm³/mol. The Hall–Kier alpha value is -2.29. The third-order valence-corrected chi connectivity index (χ3v) is 4.42. The monoisotopic (exact) mass is 309 g/mol. The van der Waals surface area contributed by atoms with Crippen molar-refractivity contribution < 1.29 is 9.53 Å². The van der Waals surface area contributed by atoms with Gasteiger partial charge in [-0.15, -0.1) is 0 Å². The molecule has 0 fully saturated rings. The lowest BCUT2D eigenvalue weighted by Gasteiger charge is -2.17. The molecule has 1 aliphatic heterocycles. The van der Waals surface area contributed by atoms with Gasteiger partial charge in [0, 0.05) is 13.1 Å². The van der Waals surface area contributed by atoms with Gasteiger partial charge in [0.05, 0.1) is 0 Å². The van der Waals surface area contributed by atoms with Gasteiger partial charge in [-0.1, -0.05) is 50.2 Å². The Bertz CT molecular complexity index is 696. The quantitative estimate of drug-likeness (QED) is 0.853. The lowest BCUT2D eigenvalue weighted by molar-refractivity contribution is -0.134. The number of amides is 1. The van der Waals surface area contributed by atoms with Crippen molar-refractivity contribution >= 4 is 5.91 Å². The molecule has 0 bridgehead atoms. The second kappa shape index (κ2) is 6.45. The fraction of sp³-hybridized carbons (Fsp3) is 0.350. The molecule has 0 atom stereocenters. The summed E-state index contributed by atoms with van der Waals surface area (Å²) in [5.41, 5.74) is 4.76. The molecule has 1 heterocycles. The Morgan fingerprint density at radius 1 is 1.13 bits per heavy atom. The zero-order valence-corrected chi connectivity index (χ0v) is 14.0. The van der Waals surface area contributed by atoms with Gasteiger partial charge in [-0.2, -0.15) is 0 Å². The van der Waals surface area contributed by atoms with Crippen LogP contribution in [0.15, 0.2) is 42.5 Å². The Morgan fingerprint density at radius 3 is 2.39 bits per heavy atom. The molecule has 2 aromatic carbocycles. The summed E-state index contributed by atoms with van der Waals surface area (Å²) in [6.45, 7) is 7.78. The van der Waals surface area contributed by atoms with Gasteiger partial charge < -0.3 is 9.64 Å². The number of rotatable bonds is 4. The van der Waals surface area contributed by atoms with Gasteiger partial charge in [0.1, 0.15) is 5.75 Å². The molecule has 23 heavy (non-hydrogen) atoms. The highest BCUT2D eigenvalue weighted by atomic mass is 16.5. The number of aryl methyl sites for hydroxylation is 1. The molecule has 120 valence electrons. The molecular formula is C20H23NO2. The fourth-order valence-electron chi connectivity index (χ4n) is 2.87. The van der Waals surface area contributed by atoms with Crippen LogP contribution in [0.5, 0.6) is 5.75 Å². The molecule has 0 spiro atoms. The first kappa shape index (κ1) is 15.6. The average molecular weight is 309 g/mol. The van der Waals surface area contributed by atoms with Gasteiger partial charge in [0.2, 0.25) is 0 Å². The highest BCUT2D eigenvalue weighted by Crippen LogP contribution is 2.25. The summed E-state index contributed by atoms with van der Waals surface area (Å²) in [6.07, 6.45) is 0. The number of hydrogen-bond acceptors (Lipinski definition) is 2. The van der Waals surface area contributed by atoms with Crippen LogP contribution in [0.3, 0.4) is 0 Å². The number of carbonyl (C=O) groups is 1. The summed E-state index contributed by atoms with van der Waals surface area (Å²) < 4.78 is 5.81. The average Bonchev–Trinajstić information content (AvgIpc) is 2.97. The fourth-order valence-corrected chi connectivity index (χ4v) is 2.87. The van der Waals surface area contributed by atoms with Crippen molar-refractivity contribution in [3.63, 3.8) is 0 Å². The molecule has 3 nitrogen and oxygen atoms in total. The van der Waals surface area contributed by atoms with E-state index in [0.29, 0.717) is 19.0 Å². The summed E-state index contributed by atoms with van der Waals surface area (Å²) in [5.74, 6) is 1.29. The van der Waals surface area contributed by atoms with Crippen LogP contribution in [0.2, 0.25) is 0 Å². The molecule has 3 heteroatoms. The topological polar surface area (TPSA) is 29.5 Å². The third-order valence-electron chi connectivity index (χ3n) is 4.42. The molecule has 1 amide bonds. The van der Waals surface area contributed by atoms with Crippen LogP contribution in [-0.4, -0.2) is 17.4 Å². The predicted octanol–water partition coefficient (Wildman–Crippen LogP) is 4.04. The Balaban J connectivity index is 1.63. The van der Waals surface area contributed by atoms with Gasteiger partial charge in [-0.05, 0) is 41.2 Å². The molecule has 0 aliphatic carbocycles. The van der Waals surface area contributed by atoms with Gasteiger partial charge in [-0.3, -0.25) is 4.79 Å². The van der Waals surface area contributed by atoms with Crippen LogP contribution >= 0.6 is 0 Å². The maximum Gasteiger partial charge on any atom is 0.261 e. The summed E-state index contributed by atoms with van der Waals surface area (Å²) in [7, 11) is 0. The van der Waals surface area contributed by atoms with Crippen molar-refractivity contribution in [1.82, 2.24) is 4.90 Å². The molecule has 0 aromatic heterocycles. The molecule has 2 aromatic rings. The molecule has 0 saturated heterocycles. The van der Waals surface area contributed by atoms with Crippen LogP contribution in [0, 0.1) is 6.92 Å². The number of nitrogens with zero attached hydrogens (tertiary/aromatic N) is 1. The van der Waals surface area contributed by atoms with Gasteiger partial charge in [0.15, 0.2) is 6.61 Å². The summed E-state index contributed by atoms with van der Waals surface area (Å²) >= 11 is 0. The van der Waals surface area contributed by atoms with E-state index < -0.39 is 0 Å². The van der Waals surface area contributed by atoms with Crippen LogP contribution in [0.4, 0.5) is 0 Å². The van der Waals surface area contributed by atoms with Crippen LogP contribution in [0.1, 0.15) is 42.0 Å². The maximum atomic E-state index is 12.4. The second-order valence-corrected chi connectivity index (χ2v) is 6.49. The van der Waals surface area contributed by atoms with Gasteiger partial charge >= 0.3 is 0 Å². The summed E-state index contributed by atoms with van der Waals surface area (Å²) in [6, 6.07) is 14.4. The Kier molecular flexibility index (Phi) is 4.37. The normalized spacial score (nSPS) is 13.3. The second-order valence-electron chi connectivity index (χ2n) is 6.49. The largest absolute Gasteiger partial charge is 0.483 e. The molecule has 1 aliphatic rings. The molecule has 0 radical (unpaired) electrons. The number of benzene rings is 2. The molecule has 0 unspecified atom stereocenters. The minimum absolute atomic E-state index is 0.0375. The zero-order valence-electron chi connectivity index (χ0n) is 14.0. The standard InChI is InChI=1S/C20H23NO2/c1-14(2)16-9-8-15(3)19(10-16)23-13-20(22)21-11-17-6-4-5-7-18(17)12-21/h4-10,14H,11-13H2,1-3H3. The molecule has 3 rings (SSSR count). The minimum Gasteiger partial charge on any atom is -0.483 e. The number of hydrogen-bond donors (Lipinski definition) is 0.